The minimum absolute atomic E-state index is 0.0474. The average molecular weight is 446 g/mol. The molecule has 0 aromatic heterocycles. The maximum absolute atomic E-state index is 12.8. The van der Waals surface area contributed by atoms with Gasteiger partial charge < -0.3 is 15.0 Å². The maximum Gasteiger partial charge on any atom is 0.283 e. The zero-order valence-corrected chi connectivity index (χ0v) is 17.2. The van der Waals surface area contributed by atoms with Crippen LogP contribution in [0.4, 0.5) is 11.4 Å². The number of nitrogens with one attached hydrogen (secondary N) is 1. The SMILES string of the molecule is O=C(c1ccc(NC2=C(Cl)C(=O)N(c3ccccc3Cl)C2=O)cc1)N1CCOCC1. The molecule has 2 aromatic carbocycles. The summed E-state index contributed by atoms with van der Waals surface area (Å²) in [6.45, 7) is 2.15. The van der Waals surface area contributed by atoms with Gasteiger partial charge >= 0.3 is 0 Å². The lowest BCUT2D eigenvalue weighted by Crippen LogP contribution is -2.40. The molecule has 0 saturated carbocycles. The van der Waals surface area contributed by atoms with Gasteiger partial charge in [-0.15, -0.1) is 0 Å². The van der Waals surface area contributed by atoms with Crippen molar-refractivity contribution in [3.05, 3.63) is 69.8 Å². The summed E-state index contributed by atoms with van der Waals surface area (Å²) in [5.74, 6) is -1.35. The maximum atomic E-state index is 12.8. The smallest absolute Gasteiger partial charge is 0.283 e. The van der Waals surface area contributed by atoms with E-state index in [0.29, 0.717) is 37.6 Å². The number of halogens is 2. The van der Waals surface area contributed by atoms with Crippen molar-refractivity contribution in [2.75, 3.05) is 36.5 Å². The van der Waals surface area contributed by atoms with Gasteiger partial charge in [0.15, 0.2) is 0 Å². The second-order valence-corrected chi connectivity index (χ2v) is 7.48. The Morgan fingerprint density at radius 1 is 0.933 bits per heavy atom. The molecule has 2 heterocycles. The molecule has 30 heavy (non-hydrogen) atoms. The molecule has 3 amide bonds. The first-order valence-corrected chi connectivity index (χ1v) is 10.00. The van der Waals surface area contributed by atoms with E-state index in [1.165, 1.54) is 0 Å². The fourth-order valence-electron chi connectivity index (χ4n) is 3.25. The molecule has 9 heteroatoms. The fourth-order valence-corrected chi connectivity index (χ4v) is 3.69. The van der Waals surface area contributed by atoms with Gasteiger partial charge in [0.05, 0.1) is 23.9 Å². The highest BCUT2D eigenvalue weighted by Crippen LogP contribution is 2.34. The lowest BCUT2D eigenvalue weighted by Gasteiger charge is -2.26. The van der Waals surface area contributed by atoms with E-state index in [0.717, 1.165) is 4.90 Å². The second-order valence-electron chi connectivity index (χ2n) is 6.69. The second kappa shape index (κ2) is 8.47. The van der Waals surface area contributed by atoms with Gasteiger partial charge in [-0.1, -0.05) is 35.3 Å². The minimum Gasteiger partial charge on any atom is -0.378 e. The number of hydrogen-bond donors (Lipinski definition) is 1. The number of ether oxygens (including phenoxy) is 1. The number of benzene rings is 2. The molecule has 0 unspecified atom stereocenters. The molecule has 2 aliphatic rings. The van der Waals surface area contributed by atoms with Crippen LogP contribution in [0, 0.1) is 0 Å². The van der Waals surface area contributed by atoms with Crippen molar-refractivity contribution < 1.29 is 19.1 Å². The Hall–Kier alpha value is -2.87. The molecule has 2 aliphatic heterocycles. The summed E-state index contributed by atoms with van der Waals surface area (Å²) in [7, 11) is 0. The number of carbonyl (C=O) groups excluding carboxylic acids is 3. The van der Waals surface area contributed by atoms with Crippen LogP contribution in [-0.4, -0.2) is 48.9 Å². The van der Waals surface area contributed by atoms with Crippen LogP contribution in [0.3, 0.4) is 0 Å². The van der Waals surface area contributed by atoms with Crippen LogP contribution in [0.2, 0.25) is 5.02 Å². The van der Waals surface area contributed by atoms with E-state index in [4.69, 9.17) is 27.9 Å². The standard InChI is InChI=1S/C21H17Cl2N3O4/c22-15-3-1-2-4-16(15)26-20(28)17(23)18(21(26)29)24-14-7-5-13(6-8-14)19(27)25-9-11-30-12-10-25/h1-8,24H,9-12H2. The third kappa shape index (κ3) is 3.79. The van der Waals surface area contributed by atoms with Crippen molar-refractivity contribution in [2.45, 2.75) is 0 Å². The Kier molecular flexibility index (Phi) is 5.76. The van der Waals surface area contributed by atoms with Gasteiger partial charge in [0, 0.05) is 24.3 Å². The monoisotopic (exact) mass is 445 g/mol. The van der Waals surface area contributed by atoms with Crippen LogP contribution >= 0.6 is 23.2 Å². The first kappa shape index (κ1) is 20.4. The molecule has 0 radical (unpaired) electrons. The molecule has 0 spiro atoms. The number of imide groups is 1. The highest BCUT2D eigenvalue weighted by atomic mass is 35.5. The number of morpholine rings is 1. The van der Waals surface area contributed by atoms with Crippen LogP contribution < -0.4 is 10.2 Å². The predicted octanol–water partition coefficient (Wildman–Crippen LogP) is 3.25. The highest BCUT2D eigenvalue weighted by molar-refractivity contribution is 6.53. The molecule has 0 bridgehead atoms. The molecule has 0 aliphatic carbocycles. The molecule has 0 atom stereocenters. The lowest BCUT2D eigenvalue weighted by molar-refractivity contribution is -0.120. The number of rotatable bonds is 4. The van der Waals surface area contributed by atoms with Crippen molar-refractivity contribution in [2.24, 2.45) is 0 Å². The summed E-state index contributed by atoms with van der Waals surface area (Å²) in [6, 6.07) is 13.1. The van der Waals surface area contributed by atoms with Gasteiger partial charge in [-0.2, -0.15) is 0 Å². The van der Waals surface area contributed by atoms with Crippen LogP contribution in [0.1, 0.15) is 10.4 Å². The van der Waals surface area contributed by atoms with Crippen molar-refractivity contribution in [1.82, 2.24) is 4.90 Å². The number of carbonyl (C=O) groups is 3. The zero-order chi connectivity index (χ0) is 21.3. The van der Waals surface area contributed by atoms with E-state index in [1.54, 1.807) is 53.4 Å². The molecule has 1 N–H and O–H groups in total. The normalized spacial score (nSPS) is 17.0. The average Bonchev–Trinajstić information content (AvgIpc) is 2.98. The summed E-state index contributed by atoms with van der Waals surface area (Å²) >= 11 is 12.3. The quantitative estimate of drug-likeness (QED) is 0.730. The van der Waals surface area contributed by atoms with Crippen LogP contribution in [0.25, 0.3) is 0 Å². The predicted molar refractivity (Wildman–Crippen MR) is 114 cm³/mol. The Bertz CT molecular complexity index is 1050. The minimum atomic E-state index is -0.656. The van der Waals surface area contributed by atoms with Gasteiger partial charge in [0.1, 0.15) is 10.7 Å². The van der Waals surface area contributed by atoms with Crippen molar-refractivity contribution in [1.29, 1.82) is 0 Å². The number of amides is 3. The lowest BCUT2D eigenvalue weighted by atomic mass is 10.1. The summed E-state index contributed by atoms with van der Waals surface area (Å²) < 4.78 is 5.26. The van der Waals surface area contributed by atoms with Crippen LogP contribution in [0.5, 0.6) is 0 Å². The van der Waals surface area contributed by atoms with E-state index in [2.05, 4.69) is 5.32 Å². The topological polar surface area (TPSA) is 79.0 Å². The molecule has 2 aromatic rings. The van der Waals surface area contributed by atoms with Gasteiger partial charge in [0.25, 0.3) is 17.7 Å². The third-order valence-electron chi connectivity index (χ3n) is 4.82. The Labute approximate surface area is 182 Å². The molecule has 4 rings (SSSR count). The first-order valence-electron chi connectivity index (χ1n) is 9.24. The number of para-hydroxylation sites is 1. The summed E-state index contributed by atoms with van der Waals surface area (Å²) in [4.78, 5) is 40.6. The Morgan fingerprint density at radius 3 is 2.27 bits per heavy atom. The molecule has 1 saturated heterocycles. The molecular weight excluding hydrogens is 429 g/mol. The number of anilines is 2. The first-order chi connectivity index (χ1) is 14.5. The summed E-state index contributed by atoms with van der Waals surface area (Å²) in [6.07, 6.45) is 0. The summed E-state index contributed by atoms with van der Waals surface area (Å²) in [5, 5.41) is 2.92. The third-order valence-corrected chi connectivity index (χ3v) is 5.49. The van der Waals surface area contributed by atoms with Crippen LogP contribution in [0.15, 0.2) is 59.3 Å². The Balaban J connectivity index is 1.51. The molecule has 1 fully saturated rings. The molecule has 7 nitrogen and oxygen atoms in total. The van der Waals surface area contributed by atoms with Gasteiger partial charge in [-0.25, -0.2) is 4.90 Å². The van der Waals surface area contributed by atoms with Crippen molar-refractivity contribution in [3.8, 4) is 0 Å². The van der Waals surface area contributed by atoms with Crippen molar-refractivity contribution in [3.63, 3.8) is 0 Å². The zero-order valence-electron chi connectivity index (χ0n) is 15.7. The molecule has 154 valence electrons. The van der Waals surface area contributed by atoms with Gasteiger partial charge in [0.2, 0.25) is 0 Å². The largest absolute Gasteiger partial charge is 0.378 e. The van der Waals surface area contributed by atoms with Gasteiger partial charge in [-0.3, -0.25) is 14.4 Å². The van der Waals surface area contributed by atoms with E-state index in [-0.39, 0.29) is 27.3 Å². The Morgan fingerprint density at radius 2 is 1.60 bits per heavy atom. The summed E-state index contributed by atoms with van der Waals surface area (Å²) in [5.41, 5.74) is 1.25. The number of nitrogens with zero attached hydrogens (tertiary/aromatic N) is 2. The highest BCUT2D eigenvalue weighted by Gasteiger charge is 2.39. The van der Waals surface area contributed by atoms with Gasteiger partial charge in [-0.05, 0) is 36.4 Å². The fraction of sp³-hybridized carbons (Fsp3) is 0.190. The van der Waals surface area contributed by atoms with E-state index >= 15 is 0 Å². The molecular formula is C21H17Cl2N3O4. The van der Waals surface area contributed by atoms with E-state index in [9.17, 15) is 14.4 Å². The van der Waals surface area contributed by atoms with Crippen molar-refractivity contribution >= 4 is 52.3 Å². The van der Waals surface area contributed by atoms with E-state index < -0.39 is 11.8 Å². The van der Waals surface area contributed by atoms with E-state index in [1.807, 2.05) is 0 Å². The number of hydrogen-bond acceptors (Lipinski definition) is 5. The van der Waals surface area contributed by atoms with Crippen LogP contribution in [-0.2, 0) is 14.3 Å².